The molecule has 110 valence electrons. The van der Waals surface area contributed by atoms with Gasteiger partial charge < -0.3 is 5.11 Å². The molecule has 1 aliphatic rings. The van der Waals surface area contributed by atoms with Gasteiger partial charge in [-0.15, -0.1) is 0 Å². The van der Waals surface area contributed by atoms with Crippen molar-refractivity contribution in [2.75, 3.05) is 0 Å². The summed E-state index contributed by atoms with van der Waals surface area (Å²) in [7, 11) is 0. The maximum atomic E-state index is 12.0. The second kappa shape index (κ2) is 5.33. The van der Waals surface area contributed by atoms with Crippen LogP contribution in [0.15, 0.2) is 56.7 Å². The van der Waals surface area contributed by atoms with Gasteiger partial charge in [0, 0.05) is 6.21 Å². The van der Waals surface area contributed by atoms with Crippen LogP contribution in [0.4, 0.5) is 0 Å². The Balaban J connectivity index is 2.26. The number of aryl methyl sites for hydroxylation is 1. The molecule has 0 spiro atoms. The van der Waals surface area contributed by atoms with Gasteiger partial charge in [-0.2, -0.15) is 0 Å². The predicted octanol–water partition coefficient (Wildman–Crippen LogP) is 1.52. The zero-order valence-corrected chi connectivity index (χ0v) is 11.8. The average molecular weight is 295 g/mol. The summed E-state index contributed by atoms with van der Waals surface area (Å²) in [5.41, 5.74) is 0.562. The molecular weight excluding hydrogens is 282 g/mol. The first-order valence-electron chi connectivity index (χ1n) is 6.64. The summed E-state index contributed by atoms with van der Waals surface area (Å²) in [6, 6.07) is 7.06. The predicted molar refractivity (Wildman–Crippen MR) is 84.7 cm³/mol. The second-order valence-corrected chi connectivity index (χ2v) is 4.88. The molecule has 0 saturated heterocycles. The van der Waals surface area contributed by atoms with Crippen LogP contribution in [0.3, 0.4) is 0 Å². The third-order valence-corrected chi connectivity index (χ3v) is 3.25. The number of aromatic amines is 1. The van der Waals surface area contributed by atoms with Gasteiger partial charge in [-0.1, -0.05) is 12.1 Å². The third-order valence-electron chi connectivity index (χ3n) is 3.25. The van der Waals surface area contributed by atoms with Crippen molar-refractivity contribution in [2.45, 2.75) is 6.92 Å². The van der Waals surface area contributed by atoms with Crippen molar-refractivity contribution in [3.63, 3.8) is 0 Å². The molecule has 1 aliphatic heterocycles. The van der Waals surface area contributed by atoms with Crippen LogP contribution in [0.2, 0.25) is 0 Å². The molecule has 1 aromatic heterocycles. The van der Waals surface area contributed by atoms with E-state index < -0.39 is 17.1 Å². The zero-order chi connectivity index (χ0) is 15.7. The van der Waals surface area contributed by atoms with Crippen molar-refractivity contribution in [3.05, 3.63) is 74.1 Å². The number of nitrogens with one attached hydrogen (secondary N) is 1. The van der Waals surface area contributed by atoms with Crippen molar-refractivity contribution in [1.29, 1.82) is 0 Å². The Bertz CT molecular complexity index is 932. The molecular formula is C16H13N3O3. The van der Waals surface area contributed by atoms with Gasteiger partial charge in [-0.25, -0.2) is 9.36 Å². The summed E-state index contributed by atoms with van der Waals surface area (Å²) in [4.78, 5) is 30.2. The molecule has 0 saturated carbocycles. The van der Waals surface area contributed by atoms with Crippen molar-refractivity contribution in [1.82, 2.24) is 9.55 Å². The van der Waals surface area contributed by atoms with Gasteiger partial charge in [-0.3, -0.25) is 14.8 Å². The highest BCUT2D eigenvalue weighted by atomic mass is 16.3. The van der Waals surface area contributed by atoms with Crippen LogP contribution in [0.25, 0.3) is 11.8 Å². The highest BCUT2D eigenvalue weighted by molar-refractivity contribution is 5.79. The van der Waals surface area contributed by atoms with E-state index in [1.54, 1.807) is 36.6 Å². The Morgan fingerprint density at radius 3 is 2.82 bits per heavy atom. The topological polar surface area (TPSA) is 87.4 Å². The molecule has 22 heavy (non-hydrogen) atoms. The average Bonchev–Trinajstić information content (AvgIpc) is 2.96. The van der Waals surface area contributed by atoms with E-state index in [0.717, 1.165) is 10.1 Å². The van der Waals surface area contributed by atoms with E-state index in [0.29, 0.717) is 11.4 Å². The lowest BCUT2D eigenvalue weighted by Crippen LogP contribution is -2.30. The van der Waals surface area contributed by atoms with E-state index in [4.69, 9.17) is 0 Å². The summed E-state index contributed by atoms with van der Waals surface area (Å²) in [6.07, 6.45) is 6.42. The summed E-state index contributed by atoms with van der Waals surface area (Å²) in [5, 5.41) is 10.4. The van der Waals surface area contributed by atoms with Crippen LogP contribution in [0.1, 0.15) is 11.1 Å². The van der Waals surface area contributed by atoms with Gasteiger partial charge in [0.05, 0.1) is 11.4 Å². The van der Waals surface area contributed by atoms with Gasteiger partial charge in [0.2, 0.25) is 5.88 Å². The standard InChI is InChI=1S/C16H13N3O3/c1-10-4-2-6-12(8-10)19-15(21)13(14(20)18-16(19)22)9-11-5-3-7-17-11/h2-9,21H,1H3,(H,18,20,22). The number of nitrogens with zero attached hydrogens (tertiary/aromatic N) is 2. The van der Waals surface area contributed by atoms with Crippen molar-refractivity contribution in [3.8, 4) is 11.6 Å². The number of aromatic hydroxyl groups is 1. The van der Waals surface area contributed by atoms with Gasteiger partial charge >= 0.3 is 5.69 Å². The number of benzene rings is 1. The van der Waals surface area contributed by atoms with Gasteiger partial charge in [0.15, 0.2) is 0 Å². The van der Waals surface area contributed by atoms with Crippen LogP contribution in [-0.4, -0.2) is 20.9 Å². The number of allylic oxidation sites excluding steroid dienone is 2. The van der Waals surface area contributed by atoms with Crippen molar-refractivity contribution < 1.29 is 5.11 Å². The number of hydrogen-bond acceptors (Lipinski definition) is 4. The molecule has 3 rings (SSSR count). The van der Waals surface area contributed by atoms with E-state index in [9.17, 15) is 14.7 Å². The second-order valence-electron chi connectivity index (χ2n) is 4.88. The molecule has 2 aromatic rings. The number of aromatic nitrogens is 2. The van der Waals surface area contributed by atoms with Crippen molar-refractivity contribution >= 4 is 12.3 Å². The number of H-pyrrole nitrogens is 1. The SMILES string of the molecule is Cc1cccc(-n2c(O)c(C=C3C=CC=N3)c(=O)[nH]c2=O)c1. The molecule has 0 radical (unpaired) electrons. The summed E-state index contributed by atoms with van der Waals surface area (Å²) >= 11 is 0. The summed E-state index contributed by atoms with van der Waals surface area (Å²) < 4.78 is 1.06. The molecule has 0 aliphatic carbocycles. The number of hydrogen-bond donors (Lipinski definition) is 2. The first-order chi connectivity index (χ1) is 10.6. The van der Waals surface area contributed by atoms with E-state index >= 15 is 0 Å². The third kappa shape index (κ3) is 2.42. The minimum Gasteiger partial charge on any atom is -0.494 e. The molecule has 2 heterocycles. The Labute approximate surface area is 125 Å². The van der Waals surface area contributed by atoms with Gasteiger partial charge in [0.1, 0.15) is 5.56 Å². The molecule has 0 amide bonds. The van der Waals surface area contributed by atoms with Crippen LogP contribution >= 0.6 is 0 Å². The number of rotatable bonds is 2. The fourth-order valence-corrected chi connectivity index (χ4v) is 2.22. The molecule has 6 heteroatoms. The first-order valence-corrected chi connectivity index (χ1v) is 6.64. The summed E-state index contributed by atoms with van der Waals surface area (Å²) in [5.74, 6) is -0.414. The summed E-state index contributed by atoms with van der Waals surface area (Å²) in [6.45, 7) is 1.87. The van der Waals surface area contributed by atoms with Crippen LogP contribution in [0.5, 0.6) is 5.88 Å². The highest BCUT2D eigenvalue weighted by Gasteiger charge is 2.14. The Morgan fingerprint density at radius 2 is 2.14 bits per heavy atom. The van der Waals surface area contributed by atoms with Crippen molar-refractivity contribution in [2.24, 2.45) is 4.99 Å². The fourth-order valence-electron chi connectivity index (χ4n) is 2.22. The fraction of sp³-hybridized carbons (Fsp3) is 0.0625. The maximum absolute atomic E-state index is 12.0. The smallest absolute Gasteiger partial charge is 0.335 e. The highest BCUT2D eigenvalue weighted by Crippen LogP contribution is 2.20. The molecule has 6 nitrogen and oxygen atoms in total. The van der Waals surface area contributed by atoms with E-state index in [2.05, 4.69) is 9.98 Å². The lowest BCUT2D eigenvalue weighted by molar-refractivity contribution is 0.429. The maximum Gasteiger partial charge on any atom is 0.335 e. The lowest BCUT2D eigenvalue weighted by Gasteiger charge is -2.10. The minimum atomic E-state index is -0.694. The quantitative estimate of drug-likeness (QED) is 0.880. The molecule has 0 fully saturated rings. The normalized spacial score (nSPS) is 14.9. The zero-order valence-electron chi connectivity index (χ0n) is 11.8. The monoisotopic (exact) mass is 295 g/mol. The Morgan fingerprint density at radius 1 is 1.32 bits per heavy atom. The van der Waals surface area contributed by atoms with E-state index in [-0.39, 0.29) is 5.56 Å². The van der Waals surface area contributed by atoms with E-state index in [1.165, 1.54) is 6.08 Å². The molecule has 2 N–H and O–H groups in total. The number of aliphatic imine (C=N–C) groups is 1. The van der Waals surface area contributed by atoms with Gasteiger partial charge in [0.25, 0.3) is 5.56 Å². The largest absolute Gasteiger partial charge is 0.494 e. The minimum absolute atomic E-state index is 0.0141. The molecule has 0 unspecified atom stereocenters. The van der Waals surface area contributed by atoms with Crippen LogP contribution in [0, 0.1) is 6.92 Å². The molecule has 0 atom stereocenters. The molecule has 0 bridgehead atoms. The van der Waals surface area contributed by atoms with Gasteiger partial charge in [-0.05, 0) is 42.8 Å². The Kier molecular flexibility index (Phi) is 3.34. The molecule has 1 aromatic carbocycles. The van der Waals surface area contributed by atoms with Crippen LogP contribution in [-0.2, 0) is 0 Å². The Hall–Kier alpha value is -3.15. The first kappa shape index (κ1) is 13.8. The van der Waals surface area contributed by atoms with E-state index in [1.807, 2.05) is 13.0 Å². The lowest BCUT2D eigenvalue weighted by atomic mass is 10.2. The van der Waals surface area contributed by atoms with Crippen LogP contribution < -0.4 is 11.2 Å².